The highest BCUT2D eigenvalue weighted by Crippen LogP contribution is 2.13. The fourth-order valence-corrected chi connectivity index (χ4v) is 1.45. The molecule has 0 aliphatic carbocycles. The molecule has 0 spiro atoms. The maximum absolute atomic E-state index is 11.4. The number of allylic oxidation sites excluding steroid dienone is 1. The molecule has 1 aromatic heterocycles. The molecule has 6 heteroatoms. The highest BCUT2D eigenvalue weighted by Gasteiger charge is 2.07. The summed E-state index contributed by atoms with van der Waals surface area (Å²) >= 11 is 4.09. The third-order valence-electron chi connectivity index (χ3n) is 2.01. The number of benzene rings is 1. The largest absolute Gasteiger partial charge is 0.289 e. The van der Waals surface area contributed by atoms with Gasteiger partial charge in [-0.1, -0.05) is 18.7 Å². The second-order valence-electron chi connectivity index (χ2n) is 3.01. The molecule has 0 fully saturated rings. The van der Waals surface area contributed by atoms with E-state index >= 15 is 0 Å². The van der Waals surface area contributed by atoms with Gasteiger partial charge in [0.25, 0.3) is 0 Å². The van der Waals surface area contributed by atoms with Gasteiger partial charge >= 0.3 is 0 Å². The fourth-order valence-electron chi connectivity index (χ4n) is 1.26. The van der Waals surface area contributed by atoms with Crippen molar-refractivity contribution in [1.82, 2.24) is 20.2 Å². The summed E-state index contributed by atoms with van der Waals surface area (Å²) in [5.41, 5.74) is 1.22. The van der Waals surface area contributed by atoms with Crippen LogP contribution in [0.3, 0.4) is 0 Å². The van der Waals surface area contributed by atoms with E-state index in [1.807, 2.05) is 0 Å². The normalized spacial score (nSPS) is 10.1. The van der Waals surface area contributed by atoms with Crippen molar-refractivity contribution in [1.29, 1.82) is 0 Å². The van der Waals surface area contributed by atoms with Crippen LogP contribution >= 0.6 is 12.6 Å². The molecule has 1 aromatic carbocycles. The Balaban J connectivity index is 2.48. The summed E-state index contributed by atoms with van der Waals surface area (Å²) in [5.74, 6) is -0.143. The average Bonchev–Trinajstić information content (AvgIpc) is 2.74. The van der Waals surface area contributed by atoms with Gasteiger partial charge in [0.15, 0.2) is 5.78 Å². The third kappa shape index (κ3) is 1.87. The number of nitrogens with zero attached hydrogens (tertiary/aromatic N) is 4. The first-order valence-corrected chi connectivity index (χ1v) is 4.91. The lowest BCUT2D eigenvalue weighted by Gasteiger charge is -2.02. The van der Waals surface area contributed by atoms with Crippen LogP contribution in [0.15, 0.2) is 42.1 Å². The molecule has 0 bridgehead atoms. The average molecular weight is 232 g/mol. The molecule has 2 aromatic rings. The van der Waals surface area contributed by atoms with E-state index in [9.17, 15) is 4.79 Å². The lowest BCUT2D eigenvalue weighted by molar-refractivity contribution is 0.104. The zero-order valence-electron chi connectivity index (χ0n) is 8.24. The van der Waals surface area contributed by atoms with E-state index in [0.717, 1.165) is 0 Å². The molecule has 0 aliphatic heterocycles. The van der Waals surface area contributed by atoms with Crippen molar-refractivity contribution in [3.8, 4) is 5.69 Å². The first kappa shape index (κ1) is 10.6. The van der Waals surface area contributed by atoms with Gasteiger partial charge in [0.2, 0.25) is 5.16 Å². The second kappa shape index (κ2) is 4.28. The summed E-state index contributed by atoms with van der Waals surface area (Å²) in [7, 11) is 0. The van der Waals surface area contributed by atoms with Crippen molar-refractivity contribution < 1.29 is 4.79 Å². The molecule has 0 amide bonds. The zero-order chi connectivity index (χ0) is 11.5. The van der Waals surface area contributed by atoms with Crippen molar-refractivity contribution in [3.05, 3.63) is 42.5 Å². The summed E-state index contributed by atoms with van der Waals surface area (Å²) in [5, 5.41) is 11.2. The summed E-state index contributed by atoms with van der Waals surface area (Å²) in [6.45, 7) is 3.44. The van der Waals surface area contributed by atoms with Gasteiger partial charge in [-0.15, -0.1) is 17.7 Å². The van der Waals surface area contributed by atoms with Crippen molar-refractivity contribution in [3.63, 3.8) is 0 Å². The summed E-state index contributed by atoms with van der Waals surface area (Å²) in [4.78, 5) is 11.4. The predicted octanol–water partition coefficient (Wildman–Crippen LogP) is 1.32. The Morgan fingerprint density at radius 2 is 2.31 bits per heavy atom. The highest BCUT2D eigenvalue weighted by molar-refractivity contribution is 7.80. The minimum atomic E-state index is -0.143. The lowest BCUT2D eigenvalue weighted by atomic mass is 10.1. The maximum atomic E-state index is 11.4. The smallest absolute Gasteiger partial charge is 0.211 e. The van der Waals surface area contributed by atoms with E-state index < -0.39 is 0 Å². The van der Waals surface area contributed by atoms with E-state index in [4.69, 9.17) is 0 Å². The molecule has 0 aliphatic rings. The number of hydrogen-bond acceptors (Lipinski definition) is 5. The first-order valence-electron chi connectivity index (χ1n) is 4.47. The van der Waals surface area contributed by atoms with Gasteiger partial charge in [-0.25, -0.2) is 0 Å². The first-order chi connectivity index (χ1) is 7.72. The number of aromatic nitrogens is 4. The SMILES string of the molecule is C=CC(=O)c1cccc(-n2nnnc2S)c1. The molecular formula is C10H8N4OS. The Labute approximate surface area is 97.2 Å². The van der Waals surface area contributed by atoms with Gasteiger partial charge in [-0.05, 0) is 28.6 Å². The van der Waals surface area contributed by atoms with E-state index in [0.29, 0.717) is 16.4 Å². The summed E-state index contributed by atoms with van der Waals surface area (Å²) in [6.07, 6.45) is 1.26. The van der Waals surface area contributed by atoms with Crippen molar-refractivity contribution in [2.24, 2.45) is 0 Å². The van der Waals surface area contributed by atoms with Crippen LogP contribution in [0, 0.1) is 0 Å². The topological polar surface area (TPSA) is 60.7 Å². The lowest BCUT2D eigenvalue weighted by Crippen LogP contribution is -2.00. The summed E-state index contributed by atoms with van der Waals surface area (Å²) < 4.78 is 1.43. The van der Waals surface area contributed by atoms with Crippen LogP contribution in [0.1, 0.15) is 10.4 Å². The van der Waals surface area contributed by atoms with Gasteiger partial charge in [-0.3, -0.25) is 4.79 Å². The molecule has 0 unspecified atom stereocenters. The Hall–Kier alpha value is -1.95. The Bertz CT molecular complexity index is 549. The zero-order valence-corrected chi connectivity index (χ0v) is 9.13. The molecule has 16 heavy (non-hydrogen) atoms. The van der Waals surface area contributed by atoms with Crippen molar-refractivity contribution in [2.75, 3.05) is 0 Å². The van der Waals surface area contributed by atoms with Crippen LogP contribution in [-0.2, 0) is 0 Å². The van der Waals surface area contributed by atoms with Crippen LogP contribution in [0.5, 0.6) is 0 Å². The molecule has 1 heterocycles. The number of rotatable bonds is 3. The molecular weight excluding hydrogens is 224 g/mol. The van der Waals surface area contributed by atoms with E-state index in [1.54, 1.807) is 24.3 Å². The monoisotopic (exact) mass is 232 g/mol. The number of thiol groups is 1. The van der Waals surface area contributed by atoms with Crippen LogP contribution in [0.4, 0.5) is 0 Å². The molecule has 0 atom stereocenters. The molecule has 0 saturated heterocycles. The van der Waals surface area contributed by atoms with Crippen LogP contribution in [-0.4, -0.2) is 26.0 Å². The highest BCUT2D eigenvalue weighted by atomic mass is 32.1. The number of tetrazole rings is 1. The van der Waals surface area contributed by atoms with Crippen molar-refractivity contribution in [2.45, 2.75) is 5.16 Å². The molecule has 0 radical (unpaired) electrons. The Morgan fingerprint density at radius 1 is 1.50 bits per heavy atom. The third-order valence-corrected chi connectivity index (χ3v) is 2.29. The van der Waals surface area contributed by atoms with Gasteiger partial charge in [-0.2, -0.15) is 4.68 Å². The summed E-state index contributed by atoms with van der Waals surface area (Å²) in [6, 6.07) is 6.92. The van der Waals surface area contributed by atoms with E-state index in [1.165, 1.54) is 10.8 Å². The van der Waals surface area contributed by atoms with E-state index in [2.05, 4.69) is 34.7 Å². The molecule has 5 nitrogen and oxygen atoms in total. The predicted molar refractivity (Wildman–Crippen MR) is 60.9 cm³/mol. The number of hydrogen-bond donors (Lipinski definition) is 1. The number of carbonyl (C=O) groups is 1. The van der Waals surface area contributed by atoms with Crippen LogP contribution in [0.25, 0.3) is 5.69 Å². The quantitative estimate of drug-likeness (QED) is 0.492. The Morgan fingerprint density at radius 3 is 2.94 bits per heavy atom. The van der Waals surface area contributed by atoms with Gasteiger partial charge in [0.1, 0.15) is 0 Å². The van der Waals surface area contributed by atoms with Gasteiger partial charge < -0.3 is 0 Å². The molecule has 0 saturated carbocycles. The van der Waals surface area contributed by atoms with Crippen LogP contribution < -0.4 is 0 Å². The molecule has 80 valence electrons. The minimum Gasteiger partial charge on any atom is -0.289 e. The van der Waals surface area contributed by atoms with Gasteiger partial charge in [0.05, 0.1) is 5.69 Å². The van der Waals surface area contributed by atoms with E-state index in [-0.39, 0.29) is 5.78 Å². The fraction of sp³-hybridized carbons (Fsp3) is 0. The van der Waals surface area contributed by atoms with Crippen molar-refractivity contribution >= 4 is 18.4 Å². The second-order valence-corrected chi connectivity index (χ2v) is 3.41. The van der Waals surface area contributed by atoms with Crippen LogP contribution in [0.2, 0.25) is 0 Å². The molecule has 2 rings (SSSR count). The number of carbonyl (C=O) groups excluding carboxylic acids is 1. The Kier molecular flexibility index (Phi) is 2.82. The maximum Gasteiger partial charge on any atom is 0.211 e. The minimum absolute atomic E-state index is 0.143. The standard InChI is InChI=1S/C10H8N4OS/c1-2-9(15)7-4-3-5-8(6-7)14-10(16)11-12-13-14/h2-6H,1H2,(H,11,13,16). The number of ketones is 1. The van der Waals surface area contributed by atoms with Gasteiger partial charge in [0, 0.05) is 5.56 Å². The molecule has 0 N–H and O–H groups in total.